The van der Waals surface area contributed by atoms with Crippen LogP contribution in [0, 0.1) is 5.41 Å². The number of aromatic nitrogens is 1. The first-order chi connectivity index (χ1) is 7.83. The number of rotatable bonds is 4. The van der Waals surface area contributed by atoms with Crippen molar-refractivity contribution in [3.63, 3.8) is 0 Å². The first-order valence-electron chi connectivity index (χ1n) is 5.70. The van der Waals surface area contributed by atoms with Crippen LogP contribution >= 0.6 is 0 Å². The molecular weight excluding hydrogens is 200 g/mol. The van der Waals surface area contributed by atoms with Gasteiger partial charge < -0.3 is 9.82 Å². The van der Waals surface area contributed by atoms with Gasteiger partial charge in [0, 0.05) is 17.1 Å². The van der Waals surface area contributed by atoms with Gasteiger partial charge in [0.2, 0.25) is 0 Å². The van der Waals surface area contributed by atoms with E-state index in [1.807, 2.05) is 0 Å². The topological polar surface area (TPSA) is 51.0 Å². The highest BCUT2D eigenvalue weighted by Crippen LogP contribution is 2.49. The number of benzene rings is 1. The second-order valence-corrected chi connectivity index (χ2v) is 4.85. The third kappa shape index (κ3) is 1.62. The summed E-state index contributed by atoms with van der Waals surface area (Å²) in [5.74, 6) is 5.19. The van der Waals surface area contributed by atoms with E-state index in [2.05, 4.69) is 35.4 Å². The Morgan fingerprint density at radius 3 is 2.88 bits per heavy atom. The van der Waals surface area contributed by atoms with Crippen LogP contribution in [0.15, 0.2) is 30.5 Å². The summed E-state index contributed by atoms with van der Waals surface area (Å²) in [6.07, 6.45) is 5.63. The van der Waals surface area contributed by atoms with Gasteiger partial charge in [0.05, 0.1) is 6.61 Å². The Labute approximate surface area is 94.5 Å². The van der Waals surface area contributed by atoms with E-state index in [4.69, 9.17) is 10.7 Å². The number of nitrogens with two attached hydrogens (primary N) is 1. The highest BCUT2D eigenvalue weighted by molar-refractivity contribution is 5.83. The van der Waals surface area contributed by atoms with E-state index in [0.717, 1.165) is 6.42 Å². The van der Waals surface area contributed by atoms with Gasteiger partial charge in [0.25, 0.3) is 0 Å². The Bertz CT molecular complexity index is 499. The minimum atomic E-state index is 0.305. The molecule has 1 heterocycles. The molecule has 16 heavy (non-hydrogen) atoms. The molecule has 1 aromatic heterocycles. The van der Waals surface area contributed by atoms with Gasteiger partial charge in [-0.25, -0.2) is 5.90 Å². The first-order valence-corrected chi connectivity index (χ1v) is 5.70. The highest BCUT2D eigenvalue weighted by Gasteiger charge is 2.43. The molecule has 1 aliphatic rings. The molecule has 0 saturated heterocycles. The summed E-state index contributed by atoms with van der Waals surface area (Å²) >= 11 is 0. The Balaban J connectivity index is 1.89. The molecule has 3 nitrogen and oxygen atoms in total. The molecule has 2 aromatic rings. The minimum Gasteiger partial charge on any atom is -0.361 e. The predicted octanol–water partition coefficient (Wildman–Crippen LogP) is 2.38. The van der Waals surface area contributed by atoms with Crippen LogP contribution < -0.4 is 5.90 Å². The van der Waals surface area contributed by atoms with Crippen molar-refractivity contribution in [2.24, 2.45) is 11.3 Å². The average Bonchev–Trinajstić information content (AvgIpc) is 2.93. The van der Waals surface area contributed by atoms with Gasteiger partial charge in [-0.3, -0.25) is 0 Å². The minimum absolute atomic E-state index is 0.305. The lowest BCUT2D eigenvalue weighted by Gasteiger charge is -2.12. The Kier molecular flexibility index (Phi) is 2.23. The highest BCUT2D eigenvalue weighted by atomic mass is 16.6. The fourth-order valence-electron chi connectivity index (χ4n) is 2.41. The van der Waals surface area contributed by atoms with E-state index in [1.54, 1.807) is 0 Å². The molecule has 0 bridgehead atoms. The molecule has 0 atom stereocenters. The summed E-state index contributed by atoms with van der Waals surface area (Å²) < 4.78 is 0. The molecular formula is C13H16N2O. The summed E-state index contributed by atoms with van der Waals surface area (Å²) in [6.45, 7) is 0.673. The second kappa shape index (κ2) is 3.61. The largest absolute Gasteiger partial charge is 0.361 e. The summed E-state index contributed by atoms with van der Waals surface area (Å²) in [6, 6.07) is 8.41. The van der Waals surface area contributed by atoms with Crippen LogP contribution in [0.1, 0.15) is 18.4 Å². The van der Waals surface area contributed by atoms with Gasteiger partial charge in [0.1, 0.15) is 0 Å². The summed E-state index contributed by atoms with van der Waals surface area (Å²) in [5, 5.41) is 1.32. The van der Waals surface area contributed by atoms with Crippen LogP contribution in [-0.2, 0) is 11.3 Å². The Morgan fingerprint density at radius 1 is 1.31 bits per heavy atom. The monoisotopic (exact) mass is 216 g/mol. The zero-order valence-corrected chi connectivity index (χ0v) is 9.20. The van der Waals surface area contributed by atoms with Crippen LogP contribution in [0.4, 0.5) is 0 Å². The molecule has 3 N–H and O–H groups in total. The molecule has 1 saturated carbocycles. The SMILES string of the molecule is NOCC1(Cc2c[nH]c3ccccc23)CC1. The number of para-hydroxylation sites is 1. The van der Waals surface area contributed by atoms with Gasteiger partial charge in [-0.15, -0.1) is 0 Å². The number of aromatic amines is 1. The van der Waals surface area contributed by atoms with Gasteiger partial charge >= 0.3 is 0 Å². The molecule has 1 aromatic carbocycles. The quantitative estimate of drug-likeness (QED) is 0.771. The zero-order valence-electron chi connectivity index (χ0n) is 9.20. The van der Waals surface area contributed by atoms with E-state index in [9.17, 15) is 0 Å². The van der Waals surface area contributed by atoms with Crippen molar-refractivity contribution in [2.45, 2.75) is 19.3 Å². The molecule has 0 amide bonds. The average molecular weight is 216 g/mol. The Morgan fingerprint density at radius 2 is 2.12 bits per heavy atom. The zero-order chi connectivity index (χ0) is 11.0. The molecule has 0 spiro atoms. The molecule has 84 valence electrons. The second-order valence-electron chi connectivity index (χ2n) is 4.85. The van der Waals surface area contributed by atoms with Crippen molar-refractivity contribution >= 4 is 10.9 Å². The number of hydrogen-bond acceptors (Lipinski definition) is 2. The maximum Gasteiger partial charge on any atom is 0.0738 e. The van der Waals surface area contributed by atoms with Crippen LogP contribution in [0.3, 0.4) is 0 Å². The summed E-state index contributed by atoms with van der Waals surface area (Å²) in [4.78, 5) is 8.13. The van der Waals surface area contributed by atoms with Crippen molar-refractivity contribution in [1.82, 2.24) is 4.98 Å². The molecule has 1 fully saturated rings. The van der Waals surface area contributed by atoms with Gasteiger partial charge in [-0.1, -0.05) is 18.2 Å². The fraction of sp³-hybridized carbons (Fsp3) is 0.385. The summed E-state index contributed by atoms with van der Waals surface area (Å²) in [5.41, 5.74) is 2.90. The van der Waals surface area contributed by atoms with Crippen LogP contribution in [0.2, 0.25) is 0 Å². The van der Waals surface area contributed by atoms with Gasteiger partial charge in [0.15, 0.2) is 0 Å². The van der Waals surface area contributed by atoms with Crippen LogP contribution in [0.5, 0.6) is 0 Å². The number of H-pyrrole nitrogens is 1. The molecule has 0 aliphatic heterocycles. The van der Waals surface area contributed by atoms with Crippen LogP contribution in [0.25, 0.3) is 10.9 Å². The standard InChI is InChI=1S/C13H16N2O/c14-16-9-13(5-6-13)7-10-8-15-12-4-2-1-3-11(10)12/h1-4,8,15H,5-7,9,14H2. The van der Waals surface area contributed by atoms with E-state index in [-0.39, 0.29) is 0 Å². The first kappa shape index (κ1) is 9.87. The Hall–Kier alpha value is -1.32. The smallest absolute Gasteiger partial charge is 0.0738 e. The summed E-state index contributed by atoms with van der Waals surface area (Å²) in [7, 11) is 0. The van der Waals surface area contributed by atoms with Crippen molar-refractivity contribution < 1.29 is 4.84 Å². The lowest BCUT2D eigenvalue weighted by atomic mass is 9.97. The van der Waals surface area contributed by atoms with E-state index in [1.165, 1.54) is 29.3 Å². The molecule has 1 aliphatic carbocycles. The van der Waals surface area contributed by atoms with Crippen molar-refractivity contribution in [3.8, 4) is 0 Å². The van der Waals surface area contributed by atoms with Crippen molar-refractivity contribution in [2.75, 3.05) is 6.61 Å². The predicted molar refractivity (Wildman–Crippen MR) is 63.8 cm³/mol. The maximum atomic E-state index is 5.19. The lowest BCUT2D eigenvalue weighted by molar-refractivity contribution is 0.0918. The molecule has 3 rings (SSSR count). The number of hydrogen-bond donors (Lipinski definition) is 2. The fourth-order valence-corrected chi connectivity index (χ4v) is 2.41. The molecule has 3 heteroatoms. The van der Waals surface area contributed by atoms with E-state index < -0.39 is 0 Å². The molecule has 0 unspecified atom stereocenters. The van der Waals surface area contributed by atoms with Gasteiger partial charge in [-0.2, -0.15) is 0 Å². The van der Waals surface area contributed by atoms with Gasteiger partial charge in [-0.05, 0) is 36.3 Å². The third-order valence-corrected chi connectivity index (χ3v) is 3.59. The van der Waals surface area contributed by atoms with Crippen LogP contribution in [-0.4, -0.2) is 11.6 Å². The molecule has 0 radical (unpaired) electrons. The van der Waals surface area contributed by atoms with Crippen molar-refractivity contribution in [3.05, 3.63) is 36.0 Å². The normalized spacial score (nSPS) is 17.8. The van der Waals surface area contributed by atoms with E-state index in [0.29, 0.717) is 12.0 Å². The van der Waals surface area contributed by atoms with E-state index >= 15 is 0 Å². The lowest BCUT2D eigenvalue weighted by Crippen LogP contribution is -2.16. The maximum absolute atomic E-state index is 5.19. The van der Waals surface area contributed by atoms with Crippen molar-refractivity contribution in [1.29, 1.82) is 0 Å². The number of fused-ring (bicyclic) bond motifs is 1. The number of nitrogens with one attached hydrogen (secondary N) is 1. The third-order valence-electron chi connectivity index (χ3n) is 3.59.